The number of aromatic hydroxyl groups is 1. The number of hydrogen-bond donors (Lipinski definition) is 8. The number of amides is 3. The number of nitrogens with two attached hydrogens (primary N) is 1. The fourth-order valence-corrected chi connectivity index (χ4v) is 14.7. The van der Waals surface area contributed by atoms with Gasteiger partial charge in [-0.2, -0.15) is 0 Å². The molecule has 0 heterocycles. The van der Waals surface area contributed by atoms with Crippen LogP contribution in [-0.4, -0.2) is 126 Å². The van der Waals surface area contributed by atoms with Crippen molar-refractivity contribution >= 4 is 63.9 Å². The largest absolute Gasteiger partial charge is 0.508 e. The third-order valence-electron chi connectivity index (χ3n) is 13.8. The zero-order valence-electron chi connectivity index (χ0n) is 39.2. The number of nitrogens with zero attached hydrogens (tertiary/aromatic N) is 1. The van der Waals surface area contributed by atoms with Crippen molar-refractivity contribution in [2.45, 2.75) is 56.3 Å². The number of aliphatic hydroxyl groups excluding tert-OH is 3. The molecule has 3 amide bonds. The number of nitrogens with one attached hydrogen (secondary N) is 2. The molecule has 364 valence electrons. The van der Waals surface area contributed by atoms with Crippen LogP contribution >= 0.6 is 7.26 Å². The monoisotopic (exact) mass is 965 g/mol. The van der Waals surface area contributed by atoms with Gasteiger partial charge in [0.2, 0.25) is 17.6 Å². The molecule has 0 unspecified atom stereocenters. The zero-order chi connectivity index (χ0) is 50.1. The van der Waals surface area contributed by atoms with Gasteiger partial charge in [0.1, 0.15) is 63.3 Å². The van der Waals surface area contributed by atoms with Gasteiger partial charge in [-0.25, -0.2) is 0 Å². The Morgan fingerprint density at radius 1 is 0.768 bits per heavy atom. The number of anilines is 1. The number of ketones is 2. The fraction of sp³-hybridized carbons (Fsp3) is 0.353. The molecule has 0 bridgehead atoms. The second-order valence-electron chi connectivity index (χ2n) is 17.7. The Labute approximate surface area is 399 Å². The molecular formula is C51H58N4O13P+. The first-order valence-electron chi connectivity index (χ1n) is 22.4. The van der Waals surface area contributed by atoms with Gasteiger partial charge in [-0.15, -0.1) is 0 Å². The molecule has 0 aromatic heterocycles. The lowest BCUT2D eigenvalue weighted by Gasteiger charge is -2.53. The number of primary amides is 1. The first-order chi connectivity index (χ1) is 32.9. The molecule has 0 radical (unpaired) electrons. The molecule has 4 aromatic carbocycles. The van der Waals surface area contributed by atoms with Crippen molar-refractivity contribution in [3.05, 3.63) is 113 Å². The lowest BCUT2D eigenvalue weighted by atomic mass is 9.54. The number of ether oxygens (including phenoxy) is 3. The van der Waals surface area contributed by atoms with E-state index in [1.165, 1.54) is 31.1 Å². The van der Waals surface area contributed by atoms with E-state index < -0.39 is 101 Å². The molecule has 3 aliphatic carbocycles. The Hall–Kier alpha value is -6.78. The van der Waals surface area contributed by atoms with Crippen molar-refractivity contribution in [3.8, 4) is 23.0 Å². The molecule has 7 rings (SSSR count). The Morgan fingerprint density at radius 2 is 1.29 bits per heavy atom. The van der Waals surface area contributed by atoms with Crippen molar-refractivity contribution < 1.29 is 63.7 Å². The molecule has 0 spiro atoms. The predicted molar refractivity (Wildman–Crippen MR) is 260 cm³/mol. The van der Waals surface area contributed by atoms with Crippen LogP contribution in [0.2, 0.25) is 0 Å². The van der Waals surface area contributed by atoms with Crippen LogP contribution < -0.4 is 46.5 Å². The van der Waals surface area contributed by atoms with Crippen LogP contribution in [0.25, 0.3) is 5.76 Å². The van der Waals surface area contributed by atoms with Gasteiger partial charge in [-0.05, 0) is 124 Å². The highest BCUT2D eigenvalue weighted by molar-refractivity contribution is 7.95. The third kappa shape index (κ3) is 8.80. The molecule has 6 atom stereocenters. The van der Waals surface area contributed by atoms with E-state index in [9.17, 15) is 49.5 Å². The second kappa shape index (κ2) is 20.1. The van der Waals surface area contributed by atoms with Crippen LogP contribution in [-0.2, 0) is 24.0 Å². The van der Waals surface area contributed by atoms with E-state index in [0.717, 1.165) is 45.7 Å². The SMILES string of the molecule is COc1ccc([P+](CCCCCC(=O)NCC(=O)Nc2ccc3c(c2O)C(O)=C2C(=O)[C@]4(O)C(O)=C(C(N)=O)C(=O)[C@@H](N(C)C)[C@@H]4[C@@H](O)[C@@H]2[C@H]3C)(c2ccc(OC)cc2)c2ccc(OC)cc2)cc1. The van der Waals surface area contributed by atoms with Crippen LogP contribution in [0.15, 0.2) is 102 Å². The van der Waals surface area contributed by atoms with E-state index in [2.05, 4.69) is 47.0 Å². The van der Waals surface area contributed by atoms with Crippen LogP contribution in [0.3, 0.4) is 0 Å². The molecule has 18 heteroatoms. The number of phenols is 1. The number of benzene rings is 4. The second-order valence-corrected chi connectivity index (χ2v) is 21.4. The van der Waals surface area contributed by atoms with E-state index in [1.54, 1.807) is 28.3 Å². The van der Waals surface area contributed by atoms with Crippen LogP contribution in [0.1, 0.15) is 49.7 Å². The maximum absolute atomic E-state index is 14.3. The molecule has 9 N–H and O–H groups in total. The summed E-state index contributed by atoms with van der Waals surface area (Å²) in [6, 6.07) is 25.8. The molecule has 0 saturated heterocycles. The van der Waals surface area contributed by atoms with E-state index in [0.29, 0.717) is 12.8 Å². The van der Waals surface area contributed by atoms with Gasteiger partial charge in [-0.3, -0.25) is 28.9 Å². The lowest BCUT2D eigenvalue weighted by molar-refractivity contribution is -0.169. The molecule has 4 aromatic rings. The number of rotatable bonds is 17. The molecular weight excluding hydrogens is 908 g/mol. The Kier molecular flexibility index (Phi) is 14.6. The average molecular weight is 966 g/mol. The molecule has 1 saturated carbocycles. The highest BCUT2D eigenvalue weighted by atomic mass is 31.2. The van der Waals surface area contributed by atoms with E-state index >= 15 is 0 Å². The van der Waals surface area contributed by atoms with Crippen LogP contribution in [0.4, 0.5) is 5.69 Å². The number of hydrogen-bond acceptors (Lipinski definition) is 14. The predicted octanol–water partition coefficient (Wildman–Crippen LogP) is 3.13. The summed E-state index contributed by atoms with van der Waals surface area (Å²) < 4.78 is 16.5. The lowest BCUT2D eigenvalue weighted by Crippen LogP contribution is -2.70. The topological polar surface area (TPSA) is 268 Å². The fourth-order valence-electron chi connectivity index (χ4n) is 10.3. The Balaban J connectivity index is 1.03. The maximum Gasteiger partial charge on any atom is 0.255 e. The molecule has 1 fully saturated rings. The molecule has 17 nitrogen and oxygen atoms in total. The molecule has 0 aliphatic heterocycles. The summed E-state index contributed by atoms with van der Waals surface area (Å²) in [5.74, 6) is -9.20. The summed E-state index contributed by atoms with van der Waals surface area (Å²) in [6.45, 7) is 1.14. The van der Waals surface area contributed by atoms with Crippen molar-refractivity contribution in [1.82, 2.24) is 10.2 Å². The minimum Gasteiger partial charge on any atom is -0.508 e. The van der Waals surface area contributed by atoms with Gasteiger partial charge in [0.05, 0.1) is 63.4 Å². The number of carbonyl (C=O) groups excluding carboxylic acids is 5. The number of aliphatic hydroxyl groups is 4. The van der Waals surface area contributed by atoms with E-state index in [1.807, 2.05) is 36.4 Å². The third-order valence-corrected chi connectivity index (χ3v) is 18.3. The molecule has 69 heavy (non-hydrogen) atoms. The molecule has 3 aliphatic rings. The van der Waals surface area contributed by atoms with Crippen molar-refractivity contribution in [3.63, 3.8) is 0 Å². The van der Waals surface area contributed by atoms with Gasteiger partial charge < -0.3 is 56.1 Å². The Bertz CT molecular complexity index is 2610. The van der Waals surface area contributed by atoms with Crippen LogP contribution in [0, 0.1) is 11.8 Å². The maximum atomic E-state index is 14.3. The van der Waals surface area contributed by atoms with Gasteiger partial charge in [0.15, 0.2) is 11.4 Å². The number of unbranched alkanes of at least 4 members (excludes halogenated alkanes) is 2. The first-order valence-corrected chi connectivity index (χ1v) is 24.4. The normalized spacial score (nSPS) is 22.1. The number of carbonyl (C=O) groups is 5. The van der Waals surface area contributed by atoms with Crippen molar-refractivity contribution in [2.24, 2.45) is 17.6 Å². The number of phenolic OH excluding ortho intramolecular Hbond substituents is 1. The number of fused-ring (bicyclic) bond motifs is 3. The van der Waals surface area contributed by atoms with Gasteiger partial charge in [0, 0.05) is 17.9 Å². The summed E-state index contributed by atoms with van der Waals surface area (Å²) in [4.78, 5) is 67.7. The van der Waals surface area contributed by atoms with E-state index in [-0.39, 0.29) is 29.1 Å². The number of likely N-dealkylation sites (N-methyl/N-ethyl adjacent to an activating group) is 1. The average Bonchev–Trinajstić information content (AvgIpc) is 3.34. The summed E-state index contributed by atoms with van der Waals surface area (Å²) in [7, 11) is 5.48. The van der Waals surface area contributed by atoms with Gasteiger partial charge in [0.25, 0.3) is 5.91 Å². The minimum atomic E-state index is -3.07. The van der Waals surface area contributed by atoms with E-state index in [4.69, 9.17) is 19.9 Å². The quantitative estimate of drug-likeness (QED) is 0.0327. The standard InChI is InChI=1S/C51H57N4O13P/c1-27-34-23-24-35(44(58)39(34)45(59)40-38(27)46(60)42-43(55(2)3)47(61)41(50(52)64)49(63)51(42,65)48(40)62)54-37(57)26-53-36(56)10-8-7-9-25-69(31-17-11-28(66-4)12-18-31,32-19-13-29(67-5)14-20-32)33-21-15-30(68-6)16-22-33/h11-24,27,38,42-43,46,60,65H,7-10,25-26H2,1-6H3,(H6-,52,53,54,56,57,58,59,61,62,63,64)/p+1/t27-,38+,42+,43-,46-,51-/m0/s1. The highest BCUT2D eigenvalue weighted by Crippen LogP contribution is 2.58. The van der Waals surface area contributed by atoms with Crippen molar-refractivity contribution in [1.29, 1.82) is 0 Å². The zero-order valence-corrected chi connectivity index (χ0v) is 40.1. The van der Waals surface area contributed by atoms with Gasteiger partial charge in [-0.1, -0.05) is 13.0 Å². The van der Waals surface area contributed by atoms with Crippen molar-refractivity contribution in [2.75, 3.05) is 53.4 Å². The minimum absolute atomic E-state index is 0.138. The summed E-state index contributed by atoms with van der Waals surface area (Å²) in [6.07, 6.45) is 1.20. The number of methoxy groups -OCH3 is 3. The Morgan fingerprint density at radius 3 is 1.77 bits per heavy atom. The first kappa shape index (κ1) is 50.1. The summed E-state index contributed by atoms with van der Waals surface area (Å²) >= 11 is 0. The smallest absolute Gasteiger partial charge is 0.255 e. The van der Waals surface area contributed by atoms with Gasteiger partial charge >= 0.3 is 0 Å². The summed E-state index contributed by atoms with van der Waals surface area (Å²) in [5.41, 5.74) is 0.548. The number of Topliss-reactive ketones (excluding diaryl/α,β-unsaturated/α-hetero) is 2. The highest BCUT2D eigenvalue weighted by Gasteiger charge is 2.68. The van der Waals surface area contributed by atoms with Crippen LogP contribution in [0.5, 0.6) is 23.0 Å². The summed E-state index contributed by atoms with van der Waals surface area (Å²) in [5, 5.41) is 66.8.